The van der Waals surface area contributed by atoms with Gasteiger partial charge in [0.25, 0.3) is 0 Å². The quantitative estimate of drug-likeness (QED) is 0.789. The third-order valence-corrected chi connectivity index (χ3v) is 5.08. The maximum Gasteiger partial charge on any atom is 0.224 e. The SMILES string of the molecule is CCCCN(C(=O)CC(C)(C)N)C1CCS(=O)(=O)C1. The second kappa shape index (κ2) is 6.22. The Bertz CT molecular complexity index is 412. The van der Waals surface area contributed by atoms with Crippen LogP contribution in [-0.2, 0) is 14.6 Å². The summed E-state index contributed by atoms with van der Waals surface area (Å²) in [6.07, 6.45) is 2.69. The number of hydrogen-bond donors (Lipinski definition) is 1. The Morgan fingerprint density at radius 3 is 2.47 bits per heavy atom. The molecule has 0 aromatic heterocycles. The number of hydrogen-bond acceptors (Lipinski definition) is 4. The Balaban J connectivity index is 2.74. The van der Waals surface area contributed by atoms with Crippen LogP contribution < -0.4 is 5.73 Å². The molecule has 6 heteroatoms. The van der Waals surface area contributed by atoms with Crippen LogP contribution in [0.15, 0.2) is 0 Å². The fraction of sp³-hybridized carbons (Fsp3) is 0.923. The number of unbranched alkanes of at least 4 members (excludes halogenated alkanes) is 1. The monoisotopic (exact) mass is 290 g/mol. The molecule has 5 nitrogen and oxygen atoms in total. The van der Waals surface area contributed by atoms with Gasteiger partial charge in [0.2, 0.25) is 5.91 Å². The maximum atomic E-state index is 12.3. The zero-order valence-electron chi connectivity index (χ0n) is 12.2. The highest BCUT2D eigenvalue weighted by molar-refractivity contribution is 7.91. The fourth-order valence-corrected chi connectivity index (χ4v) is 4.08. The van der Waals surface area contributed by atoms with Crippen LogP contribution in [0, 0.1) is 0 Å². The van der Waals surface area contributed by atoms with Gasteiger partial charge in [-0.05, 0) is 26.7 Å². The van der Waals surface area contributed by atoms with Crippen molar-refractivity contribution in [1.82, 2.24) is 4.90 Å². The smallest absolute Gasteiger partial charge is 0.224 e. The average Bonchev–Trinajstić information content (AvgIpc) is 2.57. The highest BCUT2D eigenvalue weighted by Gasteiger charge is 2.35. The summed E-state index contributed by atoms with van der Waals surface area (Å²) in [6, 6.07) is -0.161. The van der Waals surface area contributed by atoms with Crippen LogP contribution in [0.1, 0.15) is 46.5 Å². The van der Waals surface area contributed by atoms with E-state index >= 15 is 0 Å². The predicted molar refractivity (Wildman–Crippen MR) is 76.6 cm³/mol. The summed E-state index contributed by atoms with van der Waals surface area (Å²) in [5.41, 5.74) is 5.33. The summed E-state index contributed by atoms with van der Waals surface area (Å²) in [5, 5.41) is 0. The van der Waals surface area contributed by atoms with Gasteiger partial charge < -0.3 is 10.6 Å². The Labute approximate surface area is 116 Å². The molecular formula is C13H26N2O3S. The minimum absolute atomic E-state index is 0.0250. The number of nitrogens with zero attached hydrogens (tertiary/aromatic N) is 1. The molecule has 2 N–H and O–H groups in total. The molecule has 1 rings (SSSR count). The van der Waals surface area contributed by atoms with Crippen molar-refractivity contribution < 1.29 is 13.2 Å². The van der Waals surface area contributed by atoms with E-state index in [9.17, 15) is 13.2 Å². The molecule has 0 aromatic rings. The Morgan fingerprint density at radius 1 is 1.42 bits per heavy atom. The molecule has 0 spiro atoms. The highest BCUT2D eigenvalue weighted by atomic mass is 32.2. The van der Waals surface area contributed by atoms with Crippen molar-refractivity contribution in [3.05, 3.63) is 0 Å². The van der Waals surface area contributed by atoms with Gasteiger partial charge in [0.05, 0.1) is 11.5 Å². The van der Waals surface area contributed by atoms with Crippen molar-refractivity contribution >= 4 is 15.7 Å². The third kappa shape index (κ3) is 5.48. The van der Waals surface area contributed by atoms with Gasteiger partial charge in [0.1, 0.15) is 0 Å². The second-order valence-corrected chi connectivity index (χ2v) is 8.39. The molecule has 19 heavy (non-hydrogen) atoms. The summed E-state index contributed by atoms with van der Waals surface area (Å²) >= 11 is 0. The topological polar surface area (TPSA) is 80.5 Å². The normalized spacial score (nSPS) is 22.4. The minimum Gasteiger partial charge on any atom is -0.339 e. The minimum atomic E-state index is -2.97. The van der Waals surface area contributed by atoms with Crippen LogP contribution in [0.2, 0.25) is 0 Å². The van der Waals surface area contributed by atoms with Crippen LogP contribution in [-0.4, -0.2) is 48.9 Å². The van der Waals surface area contributed by atoms with Gasteiger partial charge in [0.15, 0.2) is 9.84 Å². The van der Waals surface area contributed by atoms with Crippen LogP contribution in [0.5, 0.6) is 0 Å². The van der Waals surface area contributed by atoms with Gasteiger partial charge in [-0.15, -0.1) is 0 Å². The largest absolute Gasteiger partial charge is 0.339 e. The molecule has 0 radical (unpaired) electrons. The molecule has 0 aromatic carbocycles. The average molecular weight is 290 g/mol. The van der Waals surface area contributed by atoms with E-state index in [1.165, 1.54) is 0 Å². The van der Waals surface area contributed by atoms with E-state index in [4.69, 9.17) is 5.73 Å². The summed E-state index contributed by atoms with van der Waals surface area (Å²) in [4.78, 5) is 14.1. The molecule has 0 aliphatic carbocycles. The number of carbonyl (C=O) groups excluding carboxylic acids is 1. The van der Waals surface area contributed by atoms with Gasteiger partial charge in [0, 0.05) is 24.5 Å². The van der Waals surface area contributed by atoms with E-state index in [1.54, 1.807) is 4.90 Å². The molecule has 1 amide bonds. The maximum absolute atomic E-state index is 12.3. The van der Waals surface area contributed by atoms with Crippen molar-refractivity contribution in [2.24, 2.45) is 5.73 Å². The highest BCUT2D eigenvalue weighted by Crippen LogP contribution is 2.20. The van der Waals surface area contributed by atoms with E-state index in [2.05, 4.69) is 6.92 Å². The molecule has 0 saturated carbocycles. The molecule has 1 aliphatic heterocycles. The van der Waals surface area contributed by atoms with Gasteiger partial charge in [-0.1, -0.05) is 13.3 Å². The van der Waals surface area contributed by atoms with Crippen molar-refractivity contribution in [3.63, 3.8) is 0 Å². The predicted octanol–water partition coefficient (Wildman–Crippen LogP) is 0.930. The first-order valence-corrected chi connectivity index (χ1v) is 8.75. The summed E-state index contributed by atoms with van der Waals surface area (Å²) in [5.74, 6) is 0.274. The number of nitrogens with two attached hydrogens (primary N) is 1. The van der Waals surface area contributed by atoms with E-state index in [-0.39, 0.29) is 29.9 Å². The lowest BCUT2D eigenvalue weighted by Crippen LogP contribution is -2.46. The molecule has 1 unspecified atom stereocenters. The third-order valence-electron chi connectivity index (χ3n) is 3.33. The van der Waals surface area contributed by atoms with E-state index in [1.807, 2.05) is 13.8 Å². The summed E-state index contributed by atoms with van der Waals surface area (Å²) in [7, 11) is -2.97. The Hall–Kier alpha value is -0.620. The first-order valence-electron chi connectivity index (χ1n) is 6.93. The molecule has 1 aliphatic rings. The van der Waals surface area contributed by atoms with Crippen molar-refractivity contribution in [3.8, 4) is 0 Å². The Morgan fingerprint density at radius 2 is 2.05 bits per heavy atom. The second-order valence-electron chi connectivity index (χ2n) is 6.16. The van der Waals surface area contributed by atoms with Crippen LogP contribution in [0.25, 0.3) is 0 Å². The molecule has 0 bridgehead atoms. The summed E-state index contributed by atoms with van der Waals surface area (Å²) in [6.45, 7) is 6.31. The van der Waals surface area contributed by atoms with E-state index in [0.29, 0.717) is 13.0 Å². The van der Waals surface area contributed by atoms with Gasteiger partial charge in [-0.2, -0.15) is 0 Å². The lowest BCUT2D eigenvalue weighted by molar-refractivity contribution is -0.134. The Kier molecular flexibility index (Phi) is 5.38. The molecule has 1 fully saturated rings. The number of carbonyl (C=O) groups is 1. The zero-order valence-corrected chi connectivity index (χ0v) is 13.0. The van der Waals surface area contributed by atoms with E-state index < -0.39 is 15.4 Å². The van der Waals surface area contributed by atoms with Crippen LogP contribution in [0.3, 0.4) is 0 Å². The molecular weight excluding hydrogens is 264 g/mol. The summed E-state index contributed by atoms with van der Waals surface area (Å²) < 4.78 is 23.1. The lowest BCUT2D eigenvalue weighted by atomic mass is 10.0. The van der Waals surface area contributed by atoms with Crippen LogP contribution in [0.4, 0.5) is 0 Å². The molecule has 1 saturated heterocycles. The first-order chi connectivity index (χ1) is 8.64. The standard InChI is InChI=1S/C13H26N2O3S/c1-4-5-7-15(12(16)9-13(2,3)14)11-6-8-19(17,18)10-11/h11H,4-10,14H2,1-3H3. The van der Waals surface area contributed by atoms with Crippen molar-refractivity contribution in [2.45, 2.75) is 58.0 Å². The lowest BCUT2D eigenvalue weighted by Gasteiger charge is -2.31. The molecule has 1 heterocycles. The first kappa shape index (κ1) is 16.4. The van der Waals surface area contributed by atoms with Crippen LogP contribution >= 0.6 is 0 Å². The van der Waals surface area contributed by atoms with Gasteiger partial charge >= 0.3 is 0 Å². The van der Waals surface area contributed by atoms with E-state index in [0.717, 1.165) is 12.8 Å². The molecule has 112 valence electrons. The van der Waals surface area contributed by atoms with Crippen molar-refractivity contribution in [2.75, 3.05) is 18.1 Å². The molecule has 1 atom stereocenters. The zero-order chi connectivity index (χ0) is 14.7. The van der Waals surface area contributed by atoms with Gasteiger partial charge in [-0.25, -0.2) is 8.42 Å². The number of rotatable bonds is 6. The van der Waals surface area contributed by atoms with Gasteiger partial charge in [-0.3, -0.25) is 4.79 Å². The fourth-order valence-electron chi connectivity index (χ4n) is 2.35. The van der Waals surface area contributed by atoms with Crippen molar-refractivity contribution in [1.29, 1.82) is 0 Å². The number of sulfone groups is 1. The number of amides is 1.